The zero-order valence-electron chi connectivity index (χ0n) is 44.3. The van der Waals surface area contributed by atoms with Gasteiger partial charge in [0.1, 0.15) is 0 Å². The average Bonchev–Trinajstić information content (AvgIpc) is 4.29. The van der Waals surface area contributed by atoms with Crippen molar-refractivity contribution in [3.8, 4) is 0 Å². The predicted octanol–water partition coefficient (Wildman–Crippen LogP) is 4.63. The molecule has 9 N–H and O–H groups in total. The third-order valence-electron chi connectivity index (χ3n) is 12.4. The number of nitrogens with two attached hydrogens (primary N) is 1. The molecule has 1 saturated carbocycles. The maximum atomic E-state index is 12.6. The van der Waals surface area contributed by atoms with E-state index in [-0.39, 0.29) is 85.8 Å². The Morgan fingerprint density at radius 3 is 1.11 bits per heavy atom. The van der Waals surface area contributed by atoms with Crippen molar-refractivity contribution >= 4 is 74.7 Å². The first-order valence-electron chi connectivity index (χ1n) is 24.5. The molecule has 2 saturated heterocycles. The van der Waals surface area contributed by atoms with Crippen molar-refractivity contribution in [3.05, 3.63) is 180 Å². The summed E-state index contributed by atoms with van der Waals surface area (Å²) in [6, 6.07) is 46.4. The predicted molar refractivity (Wildman–Crippen MR) is 299 cm³/mol. The molecule has 6 aromatic carbocycles. The number of anilines is 3. The monoisotopic (exact) mass is 1210 g/mol. The summed E-state index contributed by atoms with van der Waals surface area (Å²) in [7, 11) is -2.69. The van der Waals surface area contributed by atoms with E-state index in [1.54, 1.807) is 145 Å². The first kappa shape index (κ1) is 68.9. The molecule has 426 valence electrons. The van der Waals surface area contributed by atoms with Crippen LogP contribution in [-0.2, 0) is 38.6 Å². The molecule has 2 unspecified atom stereocenters. The van der Waals surface area contributed by atoms with Gasteiger partial charge < -0.3 is 36.1 Å². The number of carbonyl (C=O) groups excluding carboxylic acids is 3. The van der Waals surface area contributed by atoms with Crippen molar-refractivity contribution in [2.75, 3.05) is 56.3 Å². The number of halogens is 1. The summed E-state index contributed by atoms with van der Waals surface area (Å²) in [5.74, 6) is 2.26. The normalized spacial score (nSPS) is 16.0. The minimum absolute atomic E-state index is 0. The van der Waals surface area contributed by atoms with Crippen molar-refractivity contribution in [3.63, 3.8) is 0 Å². The number of hydrogen-bond acceptors (Lipinski definition) is 18. The smallest absolute Gasteiger partial charge is 0.870 e. The summed E-state index contributed by atoms with van der Waals surface area (Å²) in [6.07, 6.45) is 6.56. The van der Waals surface area contributed by atoms with Crippen LogP contribution in [0, 0.1) is 0 Å². The third kappa shape index (κ3) is 20.9. The molecule has 80 heavy (non-hydrogen) atoms. The summed E-state index contributed by atoms with van der Waals surface area (Å²) in [5, 5.41) is 25.2. The van der Waals surface area contributed by atoms with Crippen molar-refractivity contribution in [1.29, 1.82) is 0 Å². The van der Waals surface area contributed by atoms with Gasteiger partial charge in [0.25, 0.3) is 15.0 Å². The molecule has 26 heteroatoms. The van der Waals surface area contributed by atoms with E-state index in [2.05, 4.69) is 31.3 Å². The number of carbonyl (C=O) groups is 3. The molecule has 0 bridgehead atoms. The van der Waals surface area contributed by atoms with Crippen LogP contribution in [0.1, 0.15) is 69.6 Å². The van der Waals surface area contributed by atoms with Crippen LogP contribution in [-0.4, -0.2) is 126 Å². The van der Waals surface area contributed by atoms with E-state index >= 15 is 0 Å². The van der Waals surface area contributed by atoms with E-state index in [1.165, 1.54) is 60.6 Å². The van der Waals surface area contributed by atoms with E-state index in [1.807, 2.05) is 12.1 Å². The van der Waals surface area contributed by atoms with Gasteiger partial charge in [0, 0.05) is 77.6 Å². The Hall–Kier alpha value is -5.33. The zero-order valence-corrected chi connectivity index (χ0v) is 50.6. The number of nitrogens with zero attached hydrogens (tertiary/aromatic N) is 2. The molecule has 2 atom stereocenters. The minimum Gasteiger partial charge on any atom is -0.870 e. The van der Waals surface area contributed by atoms with Gasteiger partial charge in [-0.2, -0.15) is 8.61 Å². The quantitative estimate of drug-likeness (QED) is 0.0257. The van der Waals surface area contributed by atoms with Gasteiger partial charge in [-0.1, -0.05) is 67.4 Å². The van der Waals surface area contributed by atoms with Crippen LogP contribution in [0.15, 0.2) is 178 Å². The van der Waals surface area contributed by atoms with Crippen LogP contribution in [0.4, 0.5) is 17.1 Å². The Labute approximate surface area is 514 Å². The maximum absolute atomic E-state index is 12.6. The third-order valence-corrected chi connectivity index (χ3v) is 17.5. The van der Waals surface area contributed by atoms with E-state index in [4.69, 9.17) is 21.1 Å². The molecule has 6 aromatic rings. The fraction of sp³-hybridized carbons (Fsp3) is 0.278. The SMILES string of the molecule is COC(=O)c1ccc(NC2CCCC2)cc1.COC(=O)c1ccc(NC2CCN(S(=O)(=O)c3ccccc3)C2)cc1.NO.O=C(NO)c1ccc(NC2CCN(S(=O)(=O)c3ccccc3)C2)cc1.O=S(=O)(Cl)c1ccccc1.[K+].[OH-]. The van der Waals surface area contributed by atoms with Crippen LogP contribution in [0.2, 0.25) is 0 Å². The summed E-state index contributed by atoms with van der Waals surface area (Å²) in [5.41, 5.74) is 5.71. The molecule has 0 radical (unpaired) electrons. The van der Waals surface area contributed by atoms with Gasteiger partial charge in [0.05, 0.1) is 40.0 Å². The van der Waals surface area contributed by atoms with Crippen LogP contribution >= 0.6 is 10.7 Å². The first-order valence-corrected chi connectivity index (χ1v) is 29.7. The molecule has 3 aliphatic rings. The molecule has 9 rings (SSSR count). The van der Waals surface area contributed by atoms with Crippen LogP contribution in [0.3, 0.4) is 0 Å². The van der Waals surface area contributed by atoms with E-state index < -0.39 is 35.0 Å². The van der Waals surface area contributed by atoms with Crippen molar-refractivity contribution in [2.24, 2.45) is 5.90 Å². The average molecular weight is 1210 g/mol. The molecule has 2 heterocycles. The Kier molecular flexibility index (Phi) is 29.5. The number of rotatable bonds is 14. The summed E-state index contributed by atoms with van der Waals surface area (Å²) >= 11 is 0. The number of nitrogens with one attached hydrogen (secondary N) is 4. The first-order chi connectivity index (χ1) is 37.4. The van der Waals surface area contributed by atoms with Crippen molar-refractivity contribution in [1.82, 2.24) is 14.1 Å². The van der Waals surface area contributed by atoms with Crippen LogP contribution in [0.5, 0.6) is 0 Å². The van der Waals surface area contributed by atoms with Gasteiger partial charge in [0.2, 0.25) is 20.0 Å². The summed E-state index contributed by atoms with van der Waals surface area (Å²) in [6.45, 7) is 1.74. The molecule has 1 amide bonds. The second kappa shape index (κ2) is 34.2. The molecule has 3 fully saturated rings. The van der Waals surface area contributed by atoms with Crippen molar-refractivity contribution < 1.29 is 116 Å². The fourth-order valence-electron chi connectivity index (χ4n) is 8.40. The van der Waals surface area contributed by atoms with Crippen LogP contribution < -0.4 is 78.7 Å². The van der Waals surface area contributed by atoms with Gasteiger partial charge in [-0.25, -0.2) is 46.2 Å². The molecule has 0 spiro atoms. The molecular formula is C54H65ClKN7O14S3. The number of amides is 1. The fourth-order valence-corrected chi connectivity index (χ4v) is 12.2. The van der Waals surface area contributed by atoms with Crippen LogP contribution in [0.25, 0.3) is 0 Å². The van der Waals surface area contributed by atoms with Gasteiger partial charge in [-0.15, -0.1) is 0 Å². The Bertz CT molecular complexity index is 3030. The number of esters is 2. The molecule has 21 nitrogen and oxygen atoms in total. The molecular weight excluding hydrogens is 1140 g/mol. The largest absolute Gasteiger partial charge is 1.00 e. The molecule has 0 aromatic heterocycles. The summed E-state index contributed by atoms with van der Waals surface area (Å²) in [4.78, 5) is 34.7. The van der Waals surface area contributed by atoms with Gasteiger partial charge >= 0.3 is 63.3 Å². The zero-order chi connectivity index (χ0) is 56.7. The number of methoxy groups -OCH3 is 2. The number of benzene rings is 6. The molecule has 2 aliphatic heterocycles. The van der Waals surface area contributed by atoms with E-state index in [9.17, 15) is 39.6 Å². The van der Waals surface area contributed by atoms with E-state index in [0.29, 0.717) is 65.1 Å². The number of hydroxylamine groups is 1. The van der Waals surface area contributed by atoms with Gasteiger partial charge in [-0.3, -0.25) is 10.0 Å². The Morgan fingerprint density at radius 1 is 0.500 bits per heavy atom. The van der Waals surface area contributed by atoms with Crippen molar-refractivity contribution in [2.45, 2.75) is 71.3 Å². The van der Waals surface area contributed by atoms with E-state index in [0.717, 1.165) is 23.5 Å². The maximum Gasteiger partial charge on any atom is 1.00 e. The number of sulfonamides is 2. The standard InChI is InChI=1S/C18H20N2O4S.C17H19N3O4S.C13H17NO2.C6H5ClO2S.K.H3NO.H2O/c1-24-18(21)14-7-9-15(10-8-14)19-16-11-12-20(13-16)25(22,23)17-5-3-2-4-6-17;21-17(19-22)13-6-8-14(9-7-13)18-15-10-11-20(12-15)25(23,24)16-4-2-1-3-5-16;1-16-13(15)10-6-8-12(9-7-10)14-11-4-2-3-5-11;7-10(8,9)6-4-2-1-3-5-6;;1-2;/h2-10,16,19H,11-13H2,1H3;1-9,15,18,22H,10-12H2,(H,19,21);6-9,11,14H,2-5H2,1H3;1-5H;;2H,1H2;1H2/q;;;;+1;;/p-1. The number of ether oxygens (including phenoxy) is 2. The number of hydrogen-bond donors (Lipinski definition) is 7. The Morgan fingerprint density at radius 2 is 0.812 bits per heavy atom. The molecule has 1 aliphatic carbocycles. The summed E-state index contributed by atoms with van der Waals surface area (Å²) < 4.78 is 84.0. The second-order valence-corrected chi connectivity index (χ2v) is 24.1. The minimum atomic E-state index is -3.53. The van der Waals surface area contributed by atoms with Gasteiger partial charge in [0.15, 0.2) is 0 Å². The Balaban J connectivity index is 0.000000288. The second-order valence-electron chi connectivity index (χ2n) is 17.6. The van der Waals surface area contributed by atoms with Gasteiger partial charge in [-0.05, 0) is 135 Å². The topological polar surface area (TPSA) is 323 Å².